The third-order valence-electron chi connectivity index (χ3n) is 3.17. The number of carbonyl (C=O) groups excluding carboxylic acids is 2. The lowest BCUT2D eigenvalue weighted by atomic mass is 10.2. The van der Waals surface area contributed by atoms with E-state index in [-0.39, 0.29) is 22.0 Å². The normalized spacial score (nSPS) is 11.5. The molecule has 0 aromatic heterocycles. The highest BCUT2D eigenvalue weighted by atomic mass is 35.5. The number of nitro benzene ring substituents is 1. The number of nitro groups is 1. The zero-order chi connectivity index (χ0) is 18.6. The van der Waals surface area contributed by atoms with E-state index in [2.05, 4.69) is 5.32 Å². The van der Waals surface area contributed by atoms with Crippen LogP contribution in [0.2, 0.25) is 5.02 Å². The molecule has 0 aliphatic heterocycles. The van der Waals surface area contributed by atoms with Crippen molar-refractivity contribution in [3.63, 3.8) is 0 Å². The van der Waals surface area contributed by atoms with Crippen molar-refractivity contribution in [3.05, 3.63) is 69.0 Å². The molecule has 9 heteroatoms. The summed E-state index contributed by atoms with van der Waals surface area (Å²) in [6, 6.07) is 8.68. The molecule has 0 aliphatic carbocycles. The Morgan fingerprint density at radius 1 is 1.28 bits per heavy atom. The monoisotopic (exact) mass is 366 g/mol. The second kappa shape index (κ2) is 7.71. The van der Waals surface area contributed by atoms with Crippen LogP contribution in [0.5, 0.6) is 0 Å². The summed E-state index contributed by atoms with van der Waals surface area (Å²) in [5.74, 6) is -2.56. The molecule has 0 saturated heterocycles. The number of nitrogens with one attached hydrogen (secondary N) is 1. The standard InChI is InChI=1S/C16H12ClFN2O5/c1-9(25-16(22)11-4-2-3-5-13(11)18)15(21)19-14-8-10(20(23)24)6-7-12(14)17/h2-9H,1H3,(H,19,21). The van der Waals surface area contributed by atoms with Crippen molar-refractivity contribution in [2.45, 2.75) is 13.0 Å². The lowest BCUT2D eigenvalue weighted by Crippen LogP contribution is -2.30. The fourth-order valence-corrected chi connectivity index (χ4v) is 2.03. The Hall–Kier alpha value is -3.00. The quantitative estimate of drug-likeness (QED) is 0.495. The van der Waals surface area contributed by atoms with Gasteiger partial charge in [0.2, 0.25) is 0 Å². The Labute approximate surface area is 146 Å². The summed E-state index contributed by atoms with van der Waals surface area (Å²) in [5, 5.41) is 13.2. The molecule has 2 rings (SSSR count). The SMILES string of the molecule is CC(OC(=O)c1ccccc1F)C(=O)Nc1cc([N+](=O)[O-])ccc1Cl. The number of benzene rings is 2. The Bertz CT molecular complexity index is 843. The van der Waals surface area contributed by atoms with Crippen LogP contribution in [0, 0.1) is 15.9 Å². The second-order valence-corrected chi connectivity index (χ2v) is 5.35. The van der Waals surface area contributed by atoms with E-state index in [0.717, 1.165) is 12.1 Å². The van der Waals surface area contributed by atoms with Crippen molar-refractivity contribution in [2.24, 2.45) is 0 Å². The van der Waals surface area contributed by atoms with Crippen molar-refractivity contribution in [1.82, 2.24) is 0 Å². The van der Waals surface area contributed by atoms with E-state index in [1.54, 1.807) is 0 Å². The van der Waals surface area contributed by atoms with Crippen molar-refractivity contribution in [1.29, 1.82) is 0 Å². The van der Waals surface area contributed by atoms with Gasteiger partial charge in [0.25, 0.3) is 11.6 Å². The molecule has 0 aliphatic rings. The summed E-state index contributed by atoms with van der Waals surface area (Å²) in [4.78, 5) is 34.1. The number of carbonyl (C=O) groups is 2. The summed E-state index contributed by atoms with van der Waals surface area (Å²) in [6.45, 7) is 1.28. The van der Waals surface area contributed by atoms with Crippen LogP contribution in [0.3, 0.4) is 0 Å². The molecule has 0 radical (unpaired) electrons. The molecule has 0 heterocycles. The lowest BCUT2D eigenvalue weighted by Gasteiger charge is -2.14. The van der Waals surface area contributed by atoms with Crippen LogP contribution < -0.4 is 5.32 Å². The predicted octanol–water partition coefficient (Wildman–Crippen LogP) is 3.57. The van der Waals surface area contributed by atoms with Gasteiger partial charge in [0.15, 0.2) is 6.10 Å². The van der Waals surface area contributed by atoms with Crippen molar-refractivity contribution in [3.8, 4) is 0 Å². The molecule has 1 unspecified atom stereocenters. The third kappa shape index (κ3) is 4.51. The first kappa shape index (κ1) is 18.3. The van der Waals surface area contributed by atoms with Gasteiger partial charge in [0.05, 0.1) is 21.2 Å². The van der Waals surface area contributed by atoms with E-state index in [0.29, 0.717) is 0 Å². The largest absolute Gasteiger partial charge is 0.449 e. The summed E-state index contributed by atoms with van der Waals surface area (Å²) in [7, 11) is 0. The molecule has 0 saturated carbocycles. The van der Waals surface area contributed by atoms with Gasteiger partial charge in [0, 0.05) is 12.1 Å². The number of rotatable bonds is 5. The molecule has 1 amide bonds. The highest BCUT2D eigenvalue weighted by molar-refractivity contribution is 6.33. The molecule has 25 heavy (non-hydrogen) atoms. The Morgan fingerprint density at radius 2 is 1.96 bits per heavy atom. The number of halogens is 2. The molecule has 130 valence electrons. The van der Waals surface area contributed by atoms with Crippen molar-refractivity contribution < 1.29 is 23.6 Å². The maximum absolute atomic E-state index is 13.5. The van der Waals surface area contributed by atoms with E-state index in [1.165, 1.54) is 37.3 Å². The van der Waals surface area contributed by atoms with Crippen molar-refractivity contribution in [2.75, 3.05) is 5.32 Å². The van der Waals surface area contributed by atoms with Crippen LogP contribution in [0.25, 0.3) is 0 Å². The van der Waals surface area contributed by atoms with Crippen LogP contribution in [0.4, 0.5) is 15.8 Å². The van der Waals surface area contributed by atoms with Gasteiger partial charge >= 0.3 is 5.97 Å². The van der Waals surface area contributed by atoms with Crippen LogP contribution in [-0.2, 0) is 9.53 Å². The number of amides is 1. The van der Waals surface area contributed by atoms with Crippen LogP contribution in [0.1, 0.15) is 17.3 Å². The molecular weight excluding hydrogens is 355 g/mol. The molecule has 1 atom stereocenters. The molecule has 1 N–H and O–H groups in total. The second-order valence-electron chi connectivity index (χ2n) is 4.94. The first-order chi connectivity index (χ1) is 11.8. The lowest BCUT2D eigenvalue weighted by molar-refractivity contribution is -0.384. The van der Waals surface area contributed by atoms with E-state index in [1.807, 2.05) is 0 Å². The van der Waals surface area contributed by atoms with E-state index >= 15 is 0 Å². The molecule has 2 aromatic carbocycles. The molecular formula is C16H12ClFN2O5. The zero-order valence-corrected chi connectivity index (χ0v) is 13.6. The molecule has 2 aromatic rings. The minimum atomic E-state index is -1.28. The summed E-state index contributed by atoms with van der Waals surface area (Å²) in [6.07, 6.45) is -1.28. The van der Waals surface area contributed by atoms with Gasteiger partial charge in [0.1, 0.15) is 5.82 Å². The molecule has 0 spiro atoms. The first-order valence-electron chi connectivity index (χ1n) is 7.00. The first-order valence-corrected chi connectivity index (χ1v) is 7.37. The molecule has 7 nitrogen and oxygen atoms in total. The van der Waals surface area contributed by atoms with E-state index < -0.39 is 28.7 Å². The Kier molecular flexibility index (Phi) is 5.66. The maximum Gasteiger partial charge on any atom is 0.341 e. The van der Waals surface area contributed by atoms with E-state index in [9.17, 15) is 24.1 Å². The summed E-state index contributed by atoms with van der Waals surface area (Å²) >= 11 is 5.88. The minimum Gasteiger partial charge on any atom is -0.449 e. The number of esters is 1. The topological polar surface area (TPSA) is 98.5 Å². The van der Waals surface area contributed by atoms with Gasteiger partial charge in [-0.3, -0.25) is 14.9 Å². The van der Waals surface area contributed by atoms with Crippen LogP contribution in [0.15, 0.2) is 42.5 Å². The number of anilines is 1. The average Bonchev–Trinajstić information content (AvgIpc) is 2.56. The maximum atomic E-state index is 13.5. The predicted molar refractivity (Wildman–Crippen MR) is 88.0 cm³/mol. The number of nitrogens with zero attached hydrogens (tertiary/aromatic N) is 1. The van der Waals surface area contributed by atoms with Gasteiger partial charge in [-0.05, 0) is 25.1 Å². The van der Waals surface area contributed by atoms with Crippen LogP contribution >= 0.6 is 11.6 Å². The van der Waals surface area contributed by atoms with Gasteiger partial charge < -0.3 is 10.1 Å². The number of non-ortho nitro benzene ring substituents is 1. The van der Waals surface area contributed by atoms with Gasteiger partial charge in [-0.1, -0.05) is 23.7 Å². The molecule has 0 bridgehead atoms. The smallest absolute Gasteiger partial charge is 0.341 e. The zero-order valence-electron chi connectivity index (χ0n) is 12.9. The average molecular weight is 367 g/mol. The van der Waals surface area contributed by atoms with Crippen molar-refractivity contribution >= 4 is 34.9 Å². The fourth-order valence-electron chi connectivity index (χ4n) is 1.86. The van der Waals surface area contributed by atoms with Crippen LogP contribution in [-0.4, -0.2) is 22.9 Å². The van der Waals surface area contributed by atoms with Gasteiger partial charge in [-0.2, -0.15) is 0 Å². The van der Waals surface area contributed by atoms with Gasteiger partial charge in [-0.25, -0.2) is 9.18 Å². The molecule has 0 fully saturated rings. The highest BCUT2D eigenvalue weighted by Crippen LogP contribution is 2.27. The Morgan fingerprint density at radius 3 is 2.60 bits per heavy atom. The number of ether oxygens (including phenoxy) is 1. The number of hydrogen-bond acceptors (Lipinski definition) is 5. The highest BCUT2D eigenvalue weighted by Gasteiger charge is 2.22. The van der Waals surface area contributed by atoms with E-state index in [4.69, 9.17) is 16.3 Å². The Balaban J connectivity index is 2.08. The third-order valence-corrected chi connectivity index (χ3v) is 3.50. The minimum absolute atomic E-state index is 0.00495. The fraction of sp³-hybridized carbons (Fsp3) is 0.125. The summed E-state index contributed by atoms with van der Waals surface area (Å²) < 4.78 is 18.4. The number of hydrogen-bond donors (Lipinski definition) is 1. The van der Waals surface area contributed by atoms with Gasteiger partial charge in [-0.15, -0.1) is 0 Å². The summed E-state index contributed by atoms with van der Waals surface area (Å²) in [5.41, 5.74) is -0.583.